The van der Waals surface area contributed by atoms with Gasteiger partial charge in [-0.2, -0.15) is 11.8 Å². The van der Waals surface area contributed by atoms with Crippen molar-refractivity contribution < 1.29 is 44.7 Å². The second-order valence-corrected chi connectivity index (χ2v) is 14.1. The minimum absolute atomic E-state index is 0.182. The lowest BCUT2D eigenvalue weighted by molar-refractivity contribution is -0.368. The number of nitrogens with one attached hydrogen (secondary N) is 6. The summed E-state index contributed by atoms with van der Waals surface area (Å²) < 4.78 is 0. The van der Waals surface area contributed by atoms with Crippen LogP contribution in [0.5, 0.6) is 0 Å². The summed E-state index contributed by atoms with van der Waals surface area (Å²) in [5, 5.41) is 36.6. The second-order valence-electron chi connectivity index (χ2n) is 12.9. The zero-order valence-electron chi connectivity index (χ0n) is 29.5. The largest absolute Gasteiger partial charge is 0.391 e. The van der Waals surface area contributed by atoms with E-state index in [1.165, 1.54) is 25.6 Å². The summed E-state index contributed by atoms with van der Waals surface area (Å²) in [5.74, 6) is -3.39. The Labute approximate surface area is 298 Å². The Morgan fingerprint density at radius 2 is 1.48 bits per heavy atom. The van der Waals surface area contributed by atoms with E-state index in [0.29, 0.717) is 25.1 Å². The van der Waals surface area contributed by atoms with E-state index < -0.39 is 77.9 Å². The number of thioether (sulfide) groups is 1. The van der Waals surface area contributed by atoms with Crippen LogP contribution in [0.25, 0.3) is 0 Å². The lowest BCUT2D eigenvalue weighted by Gasteiger charge is -2.29. The maximum atomic E-state index is 13.5. The molecular weight excluding hydrogens is 666 g/mol. The van der Waals surface area contributed by atoms with Crippen molar-refractivity contribution in [3.63, 3.8) is 0 Å². The first-order chi connectivity index (χ1) is 23.7. The van der Waals surface area contributed by atoms with Crippen LogP contribution in [0.2, 0.25) is 0 Å². The van der Waals surface area contributed by atoms with Crippen LogP contribution in [0.1, 0.15) is 65.4 Å². The molecule has 2 rings (SSSR count). The first-order valence-electron chi connectivity index (χ1n) is 17.3. The summed E-state index contributed by atoms with van der Waals surface area (Å²) in [6, 6.07) is 3.47. The Morgan fingerprint density at radius 1 is 0.860 bits per heavy atom. The highest BCUT2D eigenvalue weighted by molar-refractivity contribution is 7.99. The Bertz CT molecular complexity index is 1270. The molecule has 0 aliphatic carbocycles. The highest BCUT2D eigenvalue weighted by Crippen LogP contribution is 2.12. The van der Waals surface area contributed by atoms with E-state index in [1.807, 2.05) is 30.3 Å². The molecule has 7 atom stereocenters. The molecule has 1 fully saturated rings. The number of amides is 6. The predicted octanol–water partition coefficient (Wildman–Crippen LogP) is -1.87. The molecule has 0 aromatic heterocycles. The molecule has 16 heteroatoms. The molecule has 1 aliphatic heterocycles. The van der Waals surface area contributed by atoms with Gasteiger partial charge in [0.15, 0.2) is 0 Å². The van der Waals surface area contributed by atoms with Crippen molar-refractivity contribution in [1.29, 1.82) is 0 Å². The van der Waals surface area contributed by atoms with Gasteiger partial charge in [-0.3, -0.25) is 28.8 Å². The van der Waals surface area contributed by atoms with Gasteiger partial charge in [0.2, 0.25) is 35.4 Å². The average molecular weight is 723 g/mol. The van der Waals surface area contributed by atoms with E-state index >= 15 is 0 Å². The normalized spacial score (nSPS) is 20.6. The van der Waals surface area contributed by atoms with E-state index in [9.17, 15) is 39.0 Å². The molecule has 1 aromatic carbocycles. The van der Waals surface area contributed by atoms with Crippen molar-refractivity contribution in [3.05, 3.63) is 35.9 Å². The molecule has 0 bridgehead atoms. The molecule has 0 saturated carbocycles. The molecule has 6 amide bonds. The Hall–Kier alpha value is -3.73. The van der Waals surface area contributed by atoms with Crippen LogP contribution in [0.4, 0.5) is 0 Å². The number of hydrogen-bond acceptors (Lipinski definition) is 9. The van der Waals surface area contributed by atoms with Crippen molar-refractivity contribution in [2.45, 2.75) is 109 Å². The fourth-order valence-electron chi connectivity index (χ4n) is 5.23. The van der Waals surface area contributed by atoms with Crippen molar-refractivity contribution in [3.8, 4) is 0 Å². The van der Waals surface area contributed by atoms with Gasteiger partial charge in [-0.1, -0.05) is 50.6 Å². The van der Waals surface area contributed by atoms with Crippen LogP contribution >= 0.6 is 11.8 Å². The summed E-state index contributed by atoms with van der Waals surface area (Å²) in [7, 11) is 0. The van der Waals surface area contributed by atoms with Gasteiger partial charge in [-0.15, -0.1) is 0 Å². The molecule has 50 heavy (non-hydrogen) atoms. The van der Waals surface area contributed by atoms with Crippen LogP contribution in [0, 0.1) is 5.92 Å². The molecular formula is C34H56N7O8S+. The Kier molecular flexibility index (Phi) is 18.8. The van der Waals surface area contributed by atoms with Crippen LogP contribution in [-0.2, 0) is 35.2 Å². The molecule has 0 spiro atoms. The number of benzene rings is 1. The topological polar surface area (TPSA) is 243 Å². The lowest BCUT2D eigenvalue weighted by atomic mass is 10.0. The Balaban J connectivity index is 2.13. The SMILES string of the molecule is CC(C)[C@H](NC(=O)[C@@H](NC(=O)[C@@H]1CSCCCCCC(=O)N[C@@H](CC[NH3+])C(=O)N1)[C@@H](C)O)C(=O)N[C@H](C(=O)NCCc1ccccc1)[C@@H](C)O. The van der Waals surface area contributed by atoms with Crippen LogP contribution in [-0.4, -0.2) is 113 Å². The van der Waals surface area contributed by atoms with E-state index in [0.717, 1.165) is 18.4 Å². The number of aliphatic hydroxyl groups is 2. The van der Waals surface area contributed by atoms with Gasteiger partial charge in [0.25, 0.3) is 0 Å². The fraction of sp³-hybridized carbons (Fsp3) is 0.647. The monoisotopic (exact) mass is 722 g/mol. The van der Waals surface area contributed by atoms with Crippen molar-refractivity contribution in [2.24, 2.45) is 5.92 Å². The van der Waals surface area contributed by atoms with Gasteiger partial charge in [-0.25, -0.2) is 0 Å². The quantitative estimate of drug-likeness (QED) is 0.0984. The number of rotatable bonds is 15. The van der Waals surface area contributed by atoms with Gasteiger partial charge in [0.1, 0.15) is 30.2 Å². The van der Waals surface area contributed by atoms with Gasteiger partial charge in [0.05, 0.1) is 18.8 Å². The number of carbonyl (C=O) groups is 6. The third-order valence-corrected chi connectivity index (χ3v) is 9.33. The summed E-state index contributed by atoms with van der Waals surface area (Å²) in [6.45, 7) is 6.64. The van der Waals surface area contributed by atoms with E-state index in [-0.39, 0.29) is 31.0 Å². The van der Waals surface area contributed by atoms with Gasteiger partial charge >= 0.3 is 0 Å². The van der Waals surface area contributed by atoms with Gasteiger partial charge in [0, 0.05) is 25.1 Å². The smallest absolute Gasteiger partial charge is 0.245 e. The maximum Gasteiger partial charge on any atom is 0.245 e. The summed E-state index contributed by atoms with van der Waals surface area (Å²) in [4.78, 5) is 78.9. The predicted molar refractivity (Wildman–Crippen MR) is 189 cm³/mol. The zero-order valence-corrected chi connectivity index (χ0v) is 30.4. The summed E-state index contributed by atoms with van der Waals surface area (Å²) >= 11 is 1.44. The number of hydrogen-bond donors (Lipinski definition) is 9. The highest BCUT2D eigenvalue weighted by Gasteiger charge is 2.36. The van der Waals surface area contributed by atoms with Crippen LogP contribution in [0.3, 0.4) is 0 Å². The van der Waals surface area contributed by atoms with Gasteiger partial charge in [-0.05, 0) is 50.3 Å². The zero-order chi connectivity index (χ0) is 37.2. The molecule has 1 aromatic rings. The van der Waals surface area contributed by atoms with Crippen molar-refractivity contribution in [1.82, 2.24) is 31.9 Å². The minimum atomic E-state index is -1.51. The van der Waals surface area contributed by atoms with E-state index in [4.69, 9.17) is 0 Å². The van der Waals surface area contributed by atoms with Crippen LogP contribution < -0.4 is 37.6 Å². The van der Waals surface area contributed by atoms with Crippen molar-refractivity contribution in [2.75, 3.05) is 24.6 Å². The average Bonchev–Trinajstić information content (AvgIpc) is 3.07. The van der Waals surface area contributed by atoms with E-state index in [2.05, 4.69) is 37.6 Å². The highest BCUT2D eigenvalue weighted by atomic mass is 32.2. The third kappa shape index (κ3) is 14.6. The molecule has 0 unspecified atom stereocenters. The summed E-state index contributed by atoms with van der Waals surface area (Å²) in [5.41, 5.74) is 4.77. The fourth-order valence-corrected chi connectivity index (χ4v) is 6.28. The third-order valence-electron chi connectivity index (χ3n) is 8.18. The first-order valence-corrected chi connectivity index (χ1v) is 18.5. The number of quaternary nitrogens is 1. The molecule has 15 nitrogen and oxygen atoms in total. The standard InChI is InChI=1S/C34H55N7O8S/c1-20(2)27(33(48)41-28(21(3)42)32(47)36-17-15-23-11-7-5-8-12-23)39-34(49)29(22(4)43)40-31(46)25-19-50-18-10-6-9-13-26(44)37-24(14-16-35)30(45)38-25/h5,7-8,11-12,20-22,24-25,27-29,42-43H,6,9-10,13-19,35H2,1-4H3,(H,36,47)(H,37,44)(H,38,45)(H,39,49)(H,40,46)(H,41,48)/p+1/t21-,22-,24+,25+,27+,28+,29+/m1/s1. The second kappa shape index (κ2) is 22.2. The number of aliphatic hydroxyl groups excluding tert-OH is 2. The van der Waals surface area contributed by atoms with Crippen molar-refractivity contribution >= 4 is 47.2 Å². The Morgan fingerprint density at radius 3 is 2.10 bits per heavy atom. The maximum absolute atomic E-state index is 13.5. The van der Waals surface area contributed by atoms with Gasteiger partial charge < -0.3 is 47.8 Å². The molecule has 0 radical (unpaired) electrons. The molecule has 1 heterocycles. The first kappa shape index (κ1) is 42.4. The molecule has 1 aliphatic rings. The van der Waals surface area contributed by atoms with Crippen LogP contribution in [0.15, 0.2) is 30.3 Å². The summed E-state index contributed by atoms with van der Waals surface area (Å²) in [6.07, 6.45) is 0.743. The number of carbonyl (C=O) groups excluding carboxylic acids is 6. The molecule has 11 N–H and O–H groups in total. The molecule has 280 valence electrons. The van der Waals surface area contributed by atoms with E-state index in [1.54, 1.807) is 13.8 Å². The molecule has 1 saturated heterocycles. The lowest BCUT2D eigenvalue weighted by Crippen LogP contribution is -2.63. The minimum Gasteiger partial charge on any atom is -0.391 e.